The van der Waals surface area contributed by atoms with Crippen molar-refractivity contribution >= 4 is 39.5 Å². The quantitative estimate of drug-likeness (QED) is 0.453. The van der Waals surface area contributed by atoms with Crippen molar-refractivity contribution in [3.8, 4) is 0 Å². The van der Waals surface area contributed by atoms with E-state index in [0.717, 1.165) is 18.1 Å². The lowest BCUT2D eigenvalue weighted by atomic mass is 10.1. The van der Waals surface area contributed by atoms with Crippen LogP contribution in [0.5, 0.6) is 0 Å². The molecule has 3 N–H and O–H groups in total. The normalized spacial score (nSPS) is 14.0. The van der Waals surface area contributed by atoms with Crippen LogP contribution >= 0.6 is 15.9 Å². The number of nitrogens with zero attached hydrogens (tertiary/aromatic N) is 1. The lowest BCUT2D eigenvalue weighted by Crippen LogP contribution is -2.31. The average Bonchev–Trinajstić information content (AvgIpc) is 2.90. The highest BCUT2D eigenvalue weighted by Gasteiger charge is 2.35. The number of aromatic carboxylic acids is 1. The van der Waals surface area contributed by atoms with Gasteiger partial charge in [-0.05, 0) is 22.0 Å². The predicted molar refractivity (Wildman–Crippen MR) is 87.3 cm³/mol. The van der Waals surface area contributed by atoms with E-state index < -0.39 is 40.7 Å². The number of carbonyl (C=O) groups is 3. The van der Waals surface area contributed by atoms with Gasteiger partial charge in [-0.25, -0.2) is 18.4 Å². The number of hydrogen-bond acceptors (Lipinski definition) is 6. The Morgan fingerprint density at radius 3 is 2.58 bits per heavy atom. The van der Waals surface area contributed by atoms with Gasteiger partial charge in [0.25, 0.3) is 5.91 Å². The van der Waals surface area contributed by atoms with Gasteiger partial charge in [0.2, 0.25) is 0 Å². The summed E-state index contributed by atoms with van der Waals surface area (Å²) in [5, 5.41) is 20.2. The second kappa shape index (κ2) is 7.79. The highest BCUT2D eigenvalue weighted by Crippen LogP contribution is 2.33. The number of carboxylic acids is 1. The molecule has 1 amide bonds. The Kier molecular flexibility index (Phi) is 5.93. The number of carboxylic acid groups (broad SMARTS) is 1. The van der Waals surface area contributed by atoms with Gasteiger partial charge in [0.15, 0.2) is 11.6 Å². The van der Waals surface area contributed by atoms with E-state index >= 15 is 0 Å². The van der Waals surface area contributed by atoms with Crippen molar-refractivity contribution in [3.63, 3.8) is 0 Å². The Hall–Kier alpha value is -2.53. The van der Waals surface area contributed by atoms with Crippen molar-refractivity contribution in [1.82, 2.24) is 4.90 Å². The summed E-state index contributed by atoms with van der Waals surface area (Å²) in [4.78, 5) is 36.3. The summed E-state index contributed by atoms with van der Waals surface area (Å²) >= 11 is 2.91. The van der Waals surface area contributed by atoms with Crippen molar-refractivity contribution in [3.05, 3.63) is 39.0 Å². The largest absolute Gasteiger partial charge is 0.478 e. The fourth-order valence-corrected chi connectivity index (χ4v) is 2.84. The Morgan fingerprint density at radius 2 is 2.04 bits per heavy atom. The van der Waals surface area contributed by atoms with Crippen LogP contribution in [0.2, 0.25) is 0 Å². The van der Waals surface area contributed by atoms with Crippen molar-refractivity contribution in [1.29, 1.82) is 0 Å². The number of aliphatic hydroxyl groups excluding tert-OH is 1. The first-order valence-electron chi connectivity index (χ1n) is 7.12. The lowest BCUT2D eigenvalue weighted by Gasteiger charge is -2.16. The van der Waals surface area contributed by atoms with E-state index in [0.29, 0.717) is 0 Å². The standard InChI is InChI=1S/C15H13BrF2N2O6/c1-26-15(25)7-5-20(2-3-21)13(22)11(7)19-12-8(16)4-6(14(23)24)9(17)10(12)18/h4,19,21H,2-3,5H2,1H3,(H,23,24). The first-order valence-corrected chi connectivity index (χ1v) is 7.91. The fourth-order valence-electron chi connectivity index (χ4n) is 2.34. The van der Waals surface area contributed by atoms with Gasteiger partial charge in [-0.15, -0.1) is 0 Å². The third-order valence-electron chi connectivity index (χ3n) is 3.59. The van der Waals surface area contributed by atoms with E-state index in [1.54, 1.807) is 0 Å². The van der Waals surface area contributed by atoms with E-state index in [9.17, 15) is 23.2 Å². The molecule has 0 atom stereocenters. The molecule has 0 radical (unpaired) electrons. The zero-order chi connectivity index (χ0) is 19.6. The third kappa shape index (κ3) is 3.53. The van der Waals surface area contributed by atoms with Crippen LogP contribution in [0.15, 0.2) is 21.8 Å². The number of β-amino-alcohol motifs (C(OH)–C–C–N with tert-alkyl or cyclic N) is 1. The second-order valence-corrected chi connectivity index (χ2v) is 5.99. The van der Waals surface area contributed by atoms with Gasteiger partial charge in [0.05, 0.1) is 37.1 Å². The van der Waals surface area contributed by atoms with Crippen LogP contribution in [-0.4, -0.2) is 59.8 Å². The molecule has 1 aliphatic heterocycles. The summed E-state index contributed by atoms with van der Waals surface area (Å²) < 4.78 is 32.6. The maximum atomic E-state index is 14.3. The van der Waals surface area contributed by atoms with Crippen LogP contribution in [0.25, 0.3) is 0 Å². The minimum atomic E-state index is -1.67. The molecule has 0 aromatic heterocycles. The smallest absolute Gasteiger partial charge is 0.338 e. The van der Waals surface area contributed by atoms with Gasteiger partial charge in [-0.2, -0.15) is 0 Å². The zero-order valence-corrected chi connectivity index (χ0v) is 14.9. The fraction of sp³-hybridized carbons (Fsp3) is 0.267. The molecule has 0 saturated heterocycles. The topological polar surface area (TPSA) is 116 Å². The minimum Gasteiger partial charge on any atom is -0.478 e. The molecule has 8 nitrogen and oxygen atoms in total. The number of amides is 1. The molecule has 1 aromatic carbocycles. The Morgan fingerprint density at radius 1 is 1.38 bits per heavy atom. The molecule has 1 aromatic rings. The lowest BCUT2D eigenvalue weighted by molar-refractivity contribution is -0.136. The minimum absolute atomic E-state index is 0.0829. The maximum Gasteiger partial charge on any atom is 0.338 e. The second-order valence-electron chi connectivity index (χ2n) is 5.13. The van der Waals surface area contributed by atoms with E-state index in [-0.39, 0.29) is 35.4 Å². The Labute approximate surface area is 154 Å². The van der Waals surface area contributed by atoms with Crippen LogP contribution in [0, 0.1) is 11.6 Å². The van der Waals surface area contributed by atoms with Gasteiger partial charge in [0.1, 0.15) is 5.70 Å². The van der Waals surface area contributed by atoms with Crippen LogP contribution in [0.3, 0.4) is 0 Å². The van der Waals surface area contributed by atoms with Gasteiger partial charge in [0, 0.05) is 11.0 Å². The number of rotatable bonds is 6. The number of hydrogen-bond donors (Lipinski definition) is 3. The summed E-state index contributed by atoms with van der Waals surface area (Å²) in [5.41, 5.74) is -1.95. The van der Waals surface area contributed by atoms with Crippen LogP contribution in [-0.2, 0) is 14.3 Å². The number of benzene rings is 1. The summed E-state index contributed by atoms with van der Waals surface area (Å²) in [5.74, 6) is -6.42. The van der Waals surface area contributed by atoms with E-state index in [1.165, 1.54) is 0 Å². The van der Waals surface area contributed by atoms with Crippen molar-refractivity contribution < 1.29 is 38.1 Å². The van der Waals surface area contributed by atoms with Crippen LogP contribution in [0.1, 0.15) is 10.4 Å². The number of anilines is 1. The van der Waals surface area contributed by atoms with Gasteiger partial charge in [-0.3, -0.25) is 4.79 Å². The number of esters is 1. The average molecular weight is 435 g/mol. The highest BCUT2D eigenvalue weighted by molar-refractivity contribution is 9.10. The Bertz CT molecular complexity index is 827. The third-order valence-corrected chi connectivity index (χ3v) is 4.22. The monoisotopic (exact) mass is 434 g/mol. The van der Waals surface area contributed by atoms with E-state index in [1.807, 2.05) is 0 Å². The molecule has 0 fully saturated rings. The van der Waals surface area contributed by atoms with Crippen molar-refractivity contribution in [2.24, 2.45) is 0 Å². The molecule has 0 unspecified atom stereocenters. The van der Waals surface area contributed by atoms with Gasteiger partial charge < -0.3 is 25.2 Å². The predicted octanol–water partition coefficient (Wildman–Crippen LogP) is 1.10. The number of methoxy groups -OCH3 is 1. The first-order chi connectivity index (χ1) is 12.2. The summed E-state index contributed by atoms with van der Waals surface area (Å²) in [6, 6.07) is 0.826. The summed E-state index contributed by atoms with van der Waals surface area (Å²) in [6.07, 6.45) is 0. The summed E-state index contributed by atoms with van der Waals surface area (Å²) in [6.45, 7) is -0.642. The SMILES string of the molecule is COC(=O)C1=C(Nc2c(Br)cc(C(=O)O)c(F)c2F)C(=O)N(CCO)C1. The van der Waals surface area contributed by atoms with Crippen molar-refractivity contribution in [2.45, 2.75) is 0 Å². The first kappa shape index (κ1) is 19.8. The number of aliphatic hydroxyl groups is 1. The molecule has 1 heterocycles. The molecule has 140 valence electrons. The molecular weight excluding hydrogens is 422 g/mol. The van der Waals surface area contributed by atoms with Crippen LogP contribution in [0.4, 0.5) is 14.5 Å². The van der Waals surface area contributed by atoms with Crippen molar-refractivity contribution in [2.75, 3.05) is 32.1 Å². The van der Waals surface area contributed by atoms with E-state index in [4.69, 9.17) is 10.2 Å². The van der Waals surface area contributed by atoms with Gasteiger partial charge >= 0.3 is 11.9 Å². The molecule has 2 rings (SSSR count). The molecule has 0 saturated carbocycles. The Balaban J connectivity index is 2.51. The molecule has 0 spiro atoms. The number of carbonyl (C=O) groups excluding carboxylic acids is 2. The zero-order valence-electron chi connectivity index (χ0n) is 13.3. The number of halogens is 3. The highest BCUT2D eigenvalue weighted by atomic mass is 79.9. The molecule has 26 heavy (non-hydrogen) atoms. The molecule has 0 bridgehead atoms. The van der Waals surface area contributed by atoms with Crippen LogP contribution < -0.4 is 5.32 Å². The molecule has 0 aliphatic carbocycles. The number of nitrogens with one attached hydrogen (secondary N) is 1. The summed E-state index contributed by atoms with van der Waals surface area (Å²) in [7, 11) is 1.09. The number of ether oxygens (including phenoxy) is 1. The van der Waals surface area contributed by atoms with Gasteiger partial charge in [-0.1, -0.05) is 0 Å². The molecule has 1 aliphatic rings. The molecular formula is C15H13BrF2N2O6. The molecule has 11 heteroatoms. The van der Waals surface area contributed by atoms with E-state index in [2.05, 4.69) is 26.0 Å². The maximum absolute atomic E-state index is 14.3.